The molecule has 0 aliphatic rings. The molecule has 0 aliphatic carbocycles. The summed E-state index contributed by atoms with van der Waals surface area (Å²) in [6.45, 7) is 3.41. The number of carboxylic acids is 2. The van der Waals surface area contributed by atoms with Crippen LogP contribution in [-0.4, -0.2) is 76.5 Å². The van der Waals surface area contributed by atoms with E-state index in [1.54, 1.807) is 0 Å². The highest BCUT2D eigenvalue weighted by Crippen LogP contribution is 2.01. The van der Waals surface area contributed by atoms with Crippen LogP contribution < -0.4 is 27.0 Å². The van der Waals surface area contributed by atoms with Gasteiger partial charge in [-0.2, -0.15) is 0 Å². The van der Waals surface area contributed by atoms with E-state index in [2.05, 4.69) is 21.3 Å². The first-order valence-corrected chi connectivity index (χ1v) is 8.73. The molecule has 0 saturated carbocycles. The first-order valence-electron chi connectivity index (χ1n) is 8.73. The van der Waals surface area contributed by atoms with Crippen molar-refractivity contribution in [1.29, 1.82) is 0 Å². The highest BCUT2D eigenvalue weighted by Gasteiger charge is 2.27. The Morgan fingerprint density at radius 3 is 1.76 bits per heavy atom. The second kappa shape index (κ2) is 12.3. The van der Waals surface area contributed by atoms with Gasteiger partial charge in [-0.1, -0.05) is 0 Å². The molecule has 0 aromatic carbocycles. The van der Waals surface area contributed by atoms with Crippen molar-refractivity contribution in [3.63, 3.8) is 0 Å². The Labute approximate surface area is 166 Å². The normalized spacial score (nSPS) is 14.5. The van der Waals surface area contributed by atoms with Crippen molar-refractivity contribution >= 4 is 35.6 Å². The van der Waals surface area contributed by atoms with Crippen molar-refractivity contribution in [3.8, 4) is 0 Å². The summed E-state index contributed by atoms with van der Waals surface area (Å²) in [6.07, 6.45) is -0.719. The van der Waals surface area contributed by atoms with E-state index in [9.17, 15) is 28.8 Å². The molecule has 29 heavy (non-hydrogen) atoms. The molecular weight excluding hydrogens is 390 g/mol. The van der Waals surface area contributed by atoms with E-state index in [0.29, 0.717) is 0 Å². The average Bonchev–Trinajstić information content (AvgIpc) is 2.61. The number of carbonyl (C=O) groups is 6. The zero-order valence-electron chi connectivity index (χ0n) is 16.4. The van der Waals surface area contributed by atoms with Crippen LogP contribution in [0, 0.1) is 0 Å². The van der Waals surface area contributed by atoms with E-state index >= 15 is 0 Å². The van der Waals surface area contributed by atoms with Gasteiger partial charge in [-0.15, -0.1) is 0 Å². The third-order valence-corrected chi connectivity index (χ3v) is 3.61. The van der Waals surface area contributed by atoms with Gasteiger partial charge in [0.1, 0.15) is 24.7 Å². The monoisotopic (exact) mass is 417 g/mol. The number of rotatable bonds is 12. The average molecular weight is 417 g/mol. The predicted octanol–water partition coefficient (Wildman–Crippen LogP) is -3.11. The first kappa shape index (κ1) is 25.8. The molecule has 0 rings (SSSR count). The third kappa shape index (κ3) is 10.6. The summed E-state index contributed by atoms with van der Waals surface area (Å²) in [5.41, 5.74) is 5.39. The molecule has 4 atom stereocenters. The fourth-order valence-corrected chi connectivity index (χ4v) is 1.94. The van der Waals surface area contributed by atoms with E-state index in [-0.39, 0.29) is 6.42 Å². The van der Waals surface area contributed by atoms with Gasteiger partial charge in [0.15, 0.2) is 0 Å². The second-order valence-corrected chi connectivity index (χ2v) is 6.35. The Hall–Kier alpha value is -3.22. The fourth-order valence-electron chi connectivity index (χ4n) is 1.94. The Morgan fingerprint density at radius 2 is 1.28 bits per heavy atom. The van der Waals surface area contributed by atoms with Crippen molar-refractivity contribution < 1.29 is 39.0 Å². The molecule has 0 aromatic rings. The topological polar surface area (TPSA) is 217 Å². The second-order valence-electron chi connectivity index (χ2n) is 6.35. The van der Waals surface area contributed by atoms with E-state index in [1.165, 1.54) is 20.8 Å². The third-order valence-electron chi connectivity index (χ3n) is 3.61. The zero-order valence-corrected chi connectivity index (χ0v) is 16.4. The standard InChI is InChI=1S/C16H27N5O8/c1-7(17)13(26)19-9(3)15(28)21-10(4-5-11(22)23)16(29)20-8(2)14(27)18-6-12(24)25/h7-10H,4-6,17H2,1-3H3,(H,18,27)(H,19,26)(H,20,29)(H,21,28)(H,22,23)(H,24,25)/t7-,8-,9-,10-/m0/s1. The van der Waals surface area contributed by atoms with E-state index in [0.717, 1.165) is 0 Å². The van der Waals surface area contributed by atoms with Crippen LogP contribution in [0.25, 0.3) is 0 Å². The van der Waals surface area contributed by atoms with Gasteiger partial charge >= 0.3 is 11.9 Å². The lowest BCUT2D eigenvalue weighted by Crippen LogP contribution is -2.56. The van der Waals surface area contributed by atoms with Gasteiger partial charge in [0.25, 0.3) is 0 Å². The van der Waals surface area contributed by atoms with Crippen LogP contribution in [0.15, 0.2) is 0 Å². The quantitative estimate of drug-likeness (QED) is 0.171. The highest BCUT2D eigenvalue weighted by atomic mass is 16.4. The lowest BCUT2D eigenvalue weighted by atomic mass is 10.1. The Balaban J connectivity index is 5.01. The summed E-state index contributed by atoms with van der Waals surface area (Å²) in [7, 11) is 0. The minimum atomic E-state index is -1.30. The van der Waals surface area contributed by atoms with Crippen molar-refractivity contribution in [1.82, 2.24) is 21.3 Å². The predicted molar refractivity (Wildman–Crippen MR) is 98.3 cm³/mol. The Bertz CT molecular complexity index is 651. The van der Waals surface area contributed by atoms with Crippen LogP contribution in [0.1, 0.15) is 33.6 Å². The molecule has 0 spiro atoms. The number of carbonyl (C=O) groups excluding carboxylic acids is 4. The van der Waals surface area contributed by atoms with Crippen LogP contribution in [0.4, 0.5) is 0 Å². The van der Waals surface area contributed by atoms with Crippen LogP contribution in [-0.2, 0) is 28.8 Å². The molecule has 13 nitrogen and oxygen atoms in total. The van der Waals surface area contributed by atoms with Crippen LogP contribution in [0.3, 0.4) is 0 Å². The van der Waals surface area contributed by atoms with Gasteiger partial charge in [0, 0.05) is 6.42 Å². The Kier molecular flexibility index (Phi) is 10.9. The molecule has 0 bridgehead atoms. The molecular formula is C16H27N5O8. The van der Waals surface area contributed by atoms with Crippen molar-refractivity contribution in [3.05, 3.63) is 0 Å². The van der Waals surface area contributed by atoms with Crippen LogP contribution in [0.2, 0.25) is 0 Å². The van der Waals surface area contributed by atoms with Gasteiger partial charge in [-0.3, -0.25) is 28.8 Å². The fraction of sp³-hybridized carbons (Fsp3) is 0.625. The maximum Gasteiger partial charge on any atom is 0.322 e. The summed E-state index contributed by atoms with van der Waals surface area (Å²) in [5.74, 6) is -5.45. The van der Waals surface area contributed by atoms with Crippen LogP contribution in [0.5, 0.6) is 0 Å². The molecule has 0 aliphatic heterocycles. The number of nitrogens with two attached hydrogens (primary N) is 1. The van der Waals surface area contributed by atoms with Crippen LogP contribution >= 0.6 is 0 Å². The molecule has 4 amide bonds. The molecule has 0 aromatic heterocycles. The summed E-state index contributed by atoms with van der Waals surface area (Å²) in [4.78, 5) is 69.2. The summed E-state index contributed by atoms with van der Waals surface area (Å²) in [6, 6.07) is -4.35. The molecule has 0 radical (unpaired) electrons. The van der Waals surface area contributed by atoms with E-state index < -0.39 is 72.7 Å². The number of hydrogen-bond acceptors (Lipinski definition) is 7. The van der Waals surface area contributed by atoms with Gasteiger partial charge in [0.2, 0.25) is 23.6 Å². The highest BCUT2D eigenvalue weighted by molar-refractivity contribution is 5.95. The summed E-state index contributed by atoms with van der Waals surface area (Å²) >= 11 is 0. The molecule has 0 unspecified atom stereocenters. The summed E-state index contributed by atoms with van der Waals surface area (Å²) in [5, 5.41) is 26.4. The molecule has 164 valence electrons. The van der Waals surface area contributed by atoms with Crippen molar-refractivity contribution in [2.45, 2.75) is 57.8 Å². The molecule has 0 saturated heterocycles. The molecule has 0 fully saturated rings. The van der Waals surface area contributed by atoms with Gasteiger partial charge in [-0.05, 0) is 27.2 Å². The molecule has 13 heteroatoms. The lowest BCUT2D eigenvalue weighted by molar-refractivity contribution is -0.138. The first-order chi connectivity index (χ1) is 13.3. The minimum absolute atomic E-state index is 0.273. The van der Waals surface area contributed by atoms with Gasteiger partial charge in [-0.25, -0.2) is 0 Å². The smallest absolute Gasteiger partial charge is 0.322 e. The Morgan fingerprint density at radius 1 is 0.759 bits per heavy atom. The largest absolute Gasteiger partial charge is 0.481 e. The SMILES string of the molecule is C[C@H](N)C(=O)N[C@@H](C)C(=O)N[C@@H](CCC(=O)O)C(=O)N[C@@H](C)C(=O)NCC(=O)O. The number of aliphatic carboxylic acids is 2. The number of nitrogens with one attached hydrogen (secondary N) is 4. The lowest BCUT2D eigenvalue weighted by Gasteiger charge is -2.23. The zero-order chi connectivity index (χ0) is 22.7. The minimum Gasteiger partial charge on any atom is -0.481 e. The van der Waals surface area contributed by atoms with Crippen molar-refractivity contribution in [2.75, 3.05) is 6.54 Å². The van der Waals surface area contributed by atoms with Gasteiger partial charge < -0.3 is 37.2 Å². The van der Waals surface area contributed by atoms with E-state index in [1.807, 2.05) is 0 Å². The van der Waals surface area contributed by atoms with Gasteiger partial charge in [0.05, 0.1) is 6.04 Å². The number of carboxylic acid groups (broad SMARTS) is 2. The number of amides is 4. The molecule has 0 heterocycles. The van der Waals surface area contributed by atoms with Crippen molar-refractivity contribution in [2.24, 2.45) is 5.73 Å². The molecule has 8 N–H and O–H groups in total. The van der Waals surface area contributed by atoms with E-state index in [4.69, 9.17) is 15.9 Å². The summed E-state index contributed by atoms with van der Waals surface area (Å²) < 4.78 is 0. The number of hydrogen-bond donors (Lipinski definition) is 7. The maximum absolute atomic E-state index is 12.4. The maximum atomic E-state index is 12.4.